The van der Waals surface area contributed by atoms with Gasteiger partial charge in [-0.15, -0.1) is 0 Å². The molecule has 0 saturated carbocycles. The summed E-state index contributed by atoms with van der Waals surface area (Å²) in [6.45, 7) is 0.314. The molecule has 0 unspecified atom stereocenters. The number of carbonyl (C=O) groups is 1. The van der Waals surface area contributed by atoms with Crippen LogP contribution in [0.25, 0.3) is 0 Å². The number of nitrogen functional groups attached to an aromatic ring is 1. The van der Waals surface area contributed by atoms with Crippen molar-refractivity contribution in [1.82, 2.24) is 5.32 Å². The number of para-hydroxylation sites is 1. The molecule has 0 aliphatic carbocycles. The first kappa shape index (κ1) is 12.8. The number of nitrogens with one attached hydrogen (secondary N) is 1. The van der Waals surface area contributed by atoms with Crippen LogP contribution in [-0.2, 0) is 6.54 Å². The van der Waals surface area contributed by atoms with Gasteiger partial charge < -0.3 is 21.3 Å². The Hall–Kier alpha value is -2.69. The molecule has 5 N–H and O–H groups in total. The first-order valence-corrected chi connectivity index (χ1v) is 5.71. The van der Waals surface area contributed by atoms with Crippen LogP contribution in [0.5, 0.6) is 11.5 Å². The fourth-order valence-corrected chi connectivity index (χ4v) is 1.63. The number of phenols is 2. The quantitative estimate of drug-likeness (QED) is 0.497. The maximum atomic E-state index is 11.9. The Balaban J connectivity index is 2.05. The van der Waals surface area contributed by atoms with Crippen molar-refractivity contribution in [2.45, 2.75) is 6.54 Å². The van der Waals surface area contributed by atoms with E-state index < -0.39 is 11.7 Å². The zero-order chi connectivity index (χ0) is 13.8. The number of hydrogen-bond acceptors (Lipinski definition) is 4. The number of benzene rings is 2. The average Bonchev–Trinajstić information content (AvgIpc) is 2.41. The minimum atomic E-state index is -0.453. The van der Waals surface area contributed by atoms with E-state index in [1.165, 1.54) is 18.2 Å². The van der Waals surface area contributed by atoms with Gasteiger partial charge in [0.2, 0.25) is 0 Å². The van der Waals surface area contributed by atoms with Crippen molar-refractivity contribution in [3.63, 3.8) is 0 Å². The largest absolute Gasteiger partial charge is 0.504 e. The van der Waals surface area contributed by atoms with Gasteiger partial charge in [-0.1, -0.05) is 18.2 Å². The lowest BCUT2D eigenvalue weighted by molar-refractivity contribution is 0.0947. The van der Waals surface area contributed by atoms with Gasteiger partial charge >= 0.3 is 0 Å². The van der Waals surface area contributed by atoms with Crippen molar-refractivity contribution in [3.8, 4) is 11.5 Å². The summed E-state index contributed by atoms with van der Waals surface area (Å²) in [5, 5.41) is 21.5. The number of anilines is 1. The van der Waals surface area contributed by atoms with Gasteiger partial charge in [-0.3, -0.25) is 4.79 Å². The van der Waals surface area contributed by atoms with E-state index in [1.807, 2.05) is 0 Å². The summed E-state index contributed by atoms with van der Waals surface area (Å²) in [5.41, 5.74) is 7.14. The molecular formula is C14H14N2O3. The molecule has 0 bridgehead atoms. The fraction of sp³-hybridized carbons (Fsp3) is 0.0714. The van der Waals surface area contributed by atoms with Crippen LogP contribution in [0.4, 0.5) is 5.69 Å². The molecule has 0 spiro atoms. The summed E-state index contributed by atoms with van der Waals surface area (Å²) in [4.78, 5) is 11.9. The van der Waals surface area contributed by atoms with Gasteiger partial charge in [0.1, 0.15) is 0 Å². The molecule has 0 radical (unpaired) electrons. The van der Waals surface area contributed by atoms with Gasteiger partial charge in [-0.25, -0.2) is 0 Å². The van der Waals surface area contributed by atoms with Crippen LogP contribution < -0.4 is 11.1 Å². The van der Waals surface area contributed by atoms with Crippen molar-refractivity contribution in [2.24, 2.45) is 0 Å². The molecule has 0 fully saturated rings. The van der Waals surface area contributed by atoms with E-state index in [9.17, 15) is 15.0 Å². The second-order valence-corrected chi connectivity index (χ2v) is 4.10. The smallest absolute Gasteiger partial charge is 0.255 e. The maximum absolute atomic E-state index is 11.9. The fourth-order valence-electron chi connectivity index (χ4n) is 1.63. The number of carbonyl (C=O) groups excluding carboxylic acids is 1. The number of amides is 1. The standard InChI is InChI=1S/C14H14N2O3/c15-10-6-4-9(5-7-10)8-16-14(19)11-2-1-3-12(17)13(11)18/h1-7,17-18H,8,15H2,(H,16,19). The van der Waals surface area contributed by atoms with Crippen LogP contribution in [0.3, 0.4) is 0 Å². The third kappa shape index (κ3) is 2.95. The Labute approximate surface area is 110 Å². The molecule has 0 saturated heterocycles. The van der Waals surface area contributed by atoms with Crippen LogP contribution in [0.1, 0.15) is 15.9 Å². The van der Waals surface area contributed by atoms with Gasteiger partial charge in [0.15, 0.2) is 11.5 Å². The molecule has 0 aliphatic heterocycles. The molecule has 0 aliphatic rings. The third-order valence-corrected chi connectivity index (χ3v) is 2.69. The topological polar surface area (TPSA) is 95.6 Å². The van der Waals surface area contributed by atoms with Crippen molar-refractivity contribution in [1.29, 1.82) is 0 Å². The van der Waals surface area contributed by atoms with Gasteiger partial charge in [0, 0.05) is 12.2 Å². The van der Waals surface area contributed by atoms with E-state index in [4.69, 9.17) is 5.73 Å². The summed E-state index contributed by atoms with van der Waals surface area (Å²) in [7, 11) is 0. The third-order valence-electron chi connectivity index (χ3n) is 2.69. The van der Waals surface area contributed by atoms with E-state index in [-0.39, 0.29) is 11.3 Å². The minimum absolute atomic E-state index is 0.0374. The number of hydrogen-bond donors (Lipinski definition) is 4. The van der Waals surface area contributed by atoms with Gasteiger partial charge in [-0.05, 0) is 29.8 Å². The van der Waals surface area contributed by atoms with Crippen molar-refractivity contribution < 1.29 is 15.0 Å². The Kier molecular flexibility index (Phi) is 3.56. The Morgan fingerprint density at radius 3 is 2.47 bits per heavy atom. The maximum Gasteiger partial charge on any atom is 0.255 e. The molecule has 0 heterocycles. The van der Waals surface area contributed by atoms with E-state index in [2.05, 4.69) is 5.32 Å². The second-order valence-electron chi connectivity index (χ2n) is 4.10. The van der Waals surface area contributed by atoms with Crippen LogP contribution in [-0.4, -0.2) is 16.1 Å². The summed E-state index contributed by atoms with van der Waals surface area (Å²) in [6.07, 6.45) is 0. The minimum Gasteiger partial charge on any atom is -0.504 e. The molecule has 0 atom stereocenters. The first-order valence-electron chi connectivity index (χ1n) is 5.71. The SMILES string of the molecule is Nc1ccc(CNC(=O)c2cccc(O)c2O)cc1. The lowest BCUT2D eigenvalue weighted by Crippen LogP contribution is -2.22. The molecule has 5 heteroatoms. The predicted molar refractivity (Wildman–Crippen MR) is 71.8 cm³/mol. The average molecular weight is 258 g/mol. The van der Waals surface area contributed by atoms with Crippen LogP contribution >= 0.6 is 0 Å². The van der Waals surface area contributed by atoms with Crippen LogP contribution in [0.15, 0.2) is 42.5 Å². The molecule has 0 aromatic heterocycles. The Morgan fingerprint density at radius 2 is 1.79 bits per heavy atom. The Morgan fingerprint density at radius 1 is 1.11 bits per heavy atom. The summed E-state index contributed by atoms with van der Waals surface area (Å²) in [5.74, 6) is -1.19. The highest BCUT2D eigenvalue weighted by molar-refractivity contribution is 5.97. The lowest BCUT2D eigenvalue weighted by atomic mass is 10.1. The van der Waals surface area contributed by atoms with E-state index in [0.29, 0.717) is 12.2 Å². The van der Waals surface area contributed by atoms with Crippen molar-refractivity contribution in [2.75, 3.05) is 5.73 Å². The molecule has 19 heavy (non-hydrogen) atoms. The van der Waals surface area contributed by atoms with Crippen molar-refractivity contribution in [3.05, 3.63) is 53.6 Å². The number of rotatable bonds is 3. The highest BCUT2D eigenvalue weighted by atomic mass is 16.3. The highest BCUT2D eigenvalue weighted by Gasteiger charge is 2.13. The number of nitrogens with two attached hydrogens (primary N) is 1. The number of phenolic OH excluding ortho intramolecular Hbond substituents is 2. The second kappa shape index (κ2) is 5.30. The molecule has 98 valence electrons. The van der Waals surface area contributed by atoms with E-state index >= 15 is 0 Å². The molecule has 1 amide bonds. The van der Waals surface area contributed by atoms with Gasteiger partial charge in [0.05, 0.1) is 5.56 Å². The van der Waals surface area contributed by atoms with Crippen molar-refractivity contribution >= 4 is 11.6 Å². The van der Waals surface area contributed by atoms with E-state index in [0.717, 1.165) is 5.56 Å². The van der Waals surface area contributed by atoms with Gasteiger partial charge in [-0.2, -0.15) is 0 Å². The molecule has 2 rings (SSSR count). The summed E-state index contributed by atoms with van der Waals surface area (Å²) < 4.78 is 0. The normalized spacial score (nSPS) is 10.1. The molecule has 5 nitrogen and oxygen atoms in total. The first-order chi connectivity index (χ1) is 9.08. The van der Waals surface area contributed by atoms with Gasteiger partial charge in [0.25, 0.3) is 5.91 Å². The molecular weight excluding hydrogens is 244 g/mol. The summed E-state index contributed by atoms with van der Waals surface area (Å²) in [6, 6.07) is 11.3. The monoisotopic (exact) mass is 258 g/mol. The number of aromatic hydroxyl groups is 2. The van der Waals surface area contributed by atoms with Crippen LogP contribution in [0, 0.1) is 0 Å². The van der Waals surface area contributed by atoms with E-state index in [1.54, 1.807) is 24.3 Å². The van der Waals surface area contributed by atoms with Crippen LogP contribution in [0.2, 0.25) is 0 Å². The zero-order valence-electron chi connectivity index (χ0n) is 10.1. The zero-order valence-corrected chi connectivity index (χ0v) is 10.1. The Bertz CT molecular complexity index is 594. The summed E-state index contributed by atoms with van der Waals surface area (Å²) >= 11 is 0. The molecule has 2 aromatic rings. The predicted octanol–water partition coefficient (Wildman–Crippen LogP) is 1.61. The lowest BCUT2D eigenvalue weighted by Gasteiger charge is -2.08. The molecule has 2 aromatic carbocycles. The highest BCUT2D eigenvalue weighted by Crippen LogP contribution is 2.27.